The zero-order valence-corrected chi connectivity index (χ0v) is 28.2. The summed E-state index contributed by atoms with van der Waals surface area (Å²) in [4.78, 5) is 24.1. The van der Waals surface area contributed by atoms with E-state index in [2.05, 4.69) is 56.4 Å². The van der Waals surface area contributed by atoms with Gasteiger partial charge in [-0.3, -0.25) is 9.59 Å². The SMILES string of the molecule is CCC(C)CCCCCCCCCCC(=O)O[C@@H](CO)COC(=O)CCC/C=C\C/C=C\C/C=C\C/C=C\C=C\[C@@H](O)CC. The summed E-state index contributed by atoms with van der Waals surface area (Å²) < 4.78 is 10.5. The van der Waals surface area contributed by atoms with Crippen LogP contribution in [0.15, 0.2) is 60.8 Å². The van der Waals surface area contributed by atoms with E-state index in [4.69, 9.17) is 9.47 Å². The number of carbonyl (C=O) groups excluding carboxylic acids is 2. The number of esters is 2. The minimum atomic E-state index is -0.803. The van der Waals surface area contributed by atoms with Gasteiger partial charge in [0.05, 0.1) is 12.7 Å². The van der Waals surface area contributed by atoms with Crippen molar-refractivity contribution in [3.05, 3.63) is 60.8 Å². The van der Waals surface area contributed by atoms with Crippen LogP contribution in [0.4, 0.5) is 0 Å². The maximum absolute atomic E-state index is 12.1. The molecule has 0 saturated carbocycles. The number of allylic oxidation sites excluding steroid dienone is 9. The molecule has 0 aliphatic rings. The van der Waals surface area contributed by atoms with Crippen molar-refractivity contribution in [3.8, 4) is 0 Å². The van der Waals surface area contributed by atoms with E-state index in [-0.39, 0.29) is 31.3 Å². The Hall–Kier alpha value is -2.44. The molecule has 0 aromatic carbocycles. The lowest BCUT2D eigenvalue weighted by molar-refractivity contribution is -0.161. The van der Waals surface area contributed by atoms with E-state index in [1.807, 2.05) is 19.1 Å². The fraction of sp³-hybridized carbons (Fsp3) is 0.684. The van der Waals surface area contributed by atoms with Gasteiger partial charge in [0.25, 0.3) is 0 Å². The van der Waals surface area contributed by atoms with Crippen LogP contribution in [0, 0.1) is 5.92 Å². The average molecular weight is 617 g/mol. The van der Waals surface area contributed by atoms with Crippen LogP contribution in [0.3, 0.4) is 0 Å². The second-order valence-corrected chi connectivity index (χ2v) is 11.7. The first kappa shape index (κ1) is 41.6. The quantitative estimate of drug-likeness (QED) is 0.0377. The first-order valence-electron chi connectivity index (χ1n) is 17.3. The molecule has 0 bridgehead atoms. The summed E-state index contributed by atoms with van der Waals surface area (Å²) in [5, 5.41) is 18.9. The van der Waals surface area contributed by atoms with Crippen LogP contribution in [-0.2, 0) is 19.1 Å². The molecular formula is C38H64O6. The molecule has 0 aliphatic heterocycles. The third kappa shape index (κ3) is 29.6. The van der Waals surface area contributed by atoms with Gasteiger partial charge in [-0.2, -0.15) is 0 Å². The van der Waals surface area contributed by atoms with Crippen molar-refractivity contribution in [2.75, 3.05) is 13.2 Å². The van der Waals surface area contributed by atoms with E-state index in [0.717, 1.165) is 57.3 Å². The van der Waals surface area contributed by atoms with Crippen LogP contribution < -0.4 is 0 Å². The van der Waals surface area contributed by atoms with E-state index >= 15 is 0 Å². The topological polar surface area (TPSA) is 93.1 Å². The van der Waals surface area contributed by atoms with Crippen LogP contribution in [0.2, 0.25) is 0 Å². The molecule has 252 valence electrons. The summed E-state index contributed by atoms with van der Waals surface area (Å²) in [6.45, 7) is 6.07. The number of aliphatic hydroxyl groups excluding tert-OH is 2. The Morgan fingerprint density at radius 2 is 1.25 bits per heavy atom. The molecule has 1 unspecified atom stereocenters. The highest BCUT2D eigenvalue weighted by molar-refractivity contribution is 5.70. The number of unbranched alkanes of at least 4 members (excludes halogenated alkanes) is 8. The van der Waals surface area contributed by atoms with E-state index in [0.29, 0.717) is 19.3 Å². The number of ether oxygens (including phenoxy) is 2. The Morgan fingerprint density at radius 1 is 0.682 bits per heavy atom. The zero-order chi connectivity index (χ0) is 32.5. The molecule has 0 spiro atoms. The largest absolute Gasteiger partial charge is 0.462 e. The van der Waals surface area contributed by atoms with Crippen LogP contribution in [0.1, 0.15) is 136 Å². The van der Waals surface area contributed by atoms with Crippen LogP contribution in [0.5, 0.6) is 0 Å². The van der Waals surface area contributed by atoms with Crippen molar-refractivity contribution in [1.82, 2.24) is 0 Å². The summed E-state index contributed by atoms with van der Waals surface area (Å²) in [6.07, 6.45) is 36.6. The van der Waals surface area contributed by atoms with E-state index in [1.165, 1.54) is 44.9 Å². The fourth-order valence-corrected chi connectivity index (χ4v) is 4.34. The molecule has 0 saturated heterocycles. The highest BCUT2D eigenvalue weighted by atomic mass is 16.6. The van der Waals surface area contributed by atoms with Gasteiger partial charge in [-0.05, 0) is 50.9 Å². The Morgan fingerprint density at radius 3 is 1.86 bits per heavy atom. The molecule has 0 aromatic heterocycles. The summed E-state index contributed by atoms with van der Waals surface area (Å²) in [7, 11) is 0. The molecule has 0 radical (unpaired) electrons. The molecule has 0 aromatic rings. The van der Waals surface area contributed by atoms with Crippen LogP contribution in [-0.4, -0.2) is 47.6 Å². The molecular weight excluding hydrogens is 552 g/mol. The Labute approximate surface area is 269 Å². The monoisotopic (exact) mass is 616 g/mol. The first-order chi connectivity index (χ1) is 21.4. The number of hydrogen-bond donors (Lipinski definition) is 2. The van der Waals surface area contributed by atoms with Crippen molar-refractivity contribution in [1.29, 1.82) is 0 Å². The number of hydrogen-bond acceptors (Lipinski definition) is 6. The number of carbonyl (C=O) groups is 2. The van der Waals surface area contributed by atoms with E-state index < -0.39 is 6.10 Å². The lowest BCUT2D eigenvalue weighted by Crippen LogP contribution is -2.28. The van der Waals surface area contributed by atoms with Gasteiger partial charge in [-0.1, -0.05) is 139 Å². The molecule has 0 rings (SSSR count). The predicted molar refractivity (Wildman–Crippen MR) is 183 cm³/mol. The van der Waals surface area contributed by atoms with Gasteiger partial charge in [-0.15, -0.1) is 0 Å². The van der Waals surface area contributed by atoms with Crippen molar-refractivity contribution < 1.29 is 29.3 Å². The van der Waals surface area contributed by atoms with Crippen molar-refractivity contribution in [2.45, 2.75) is 149 Å². The molecule has 6 nitrogen and oxygen atoms in total. The highest BCUT2D eigenvalue weighted by Gasteiger charge is 2.16. The third-order valence-corrected chi connectivity index (χ3v) is 7.52. The van der Waals surface area contributed by atoms with Gasteiger partial charge in [-0.25, -0.2) is 0 Å². The minimum Gasteiger partial charge on any atom is -0.462 e. The van der Waals surface area contributed by atoms with Gasteiger partial charge in [0.1, 0.15) is 6.61 Å². The average Bonchev–Trinajstić information content (AvgIpc) is 3.03. The summed E-state index contributed by atoms with van der Waals surface area (Å²) in [6, 6.07) is 0. The Bertz CT molecular complexity index is 825. The van der Waals surface area contributed by atoms with Gasteiger partial charge in [0.2, 0.25) is 0 Å². The van der Waals surface area contributed by atoms with Gasteiger partial charge < -0.3 is 19.7 Å². The van der Waals surface area contributed by atoms with Crippen LogP contribution >= 0.6 is 0 Å². The maximum Gasteiger partial charge on any atom is 0.306 e. The lowest BCUT2D eigenvalue weighted by atomic mass is 9.99. The Balaban J connectivity index is 3.76. The molecule has 0 heterocycles. The fourth-order valence-electron chi connectivity index (χ4n) is 4.34. The summed E-state index contributed by atoms with van der Waals surface area (Å²) >= 11 is 0. The molecule has 2 N–H and O–H groups in total. The molecule has 0 amide bonds. The molecule has 44 heavy (non-hydrogen) atoms. The second kappa shape index (κ2) is 32.0. The van der Waals surface area contributed by atoms with Gasteiger partial charge in [0, 0.05) is 12.8 Å². The van der Waals surface area contributed by atoms with Crippen molar-refractivity contribution in [3.63, 3.8) is 0 Å². The van der Waals surface area contributed by atoms with E-state index in [9.17, 15) is 19.8 Å². The summed E-state index contributed by atoms with van der Waals surface area (Å²) in [5.41, 5.74) is 0. The smallest absolute Gasteiger partial charge is 0.306 e. The maximum atomic E-state index is 12.1. The molecule has 6 heteroatoms. The lowest BCUT2D eigenvalue weighted by Gasteiger charge is -2.15. The van der Waals surface area contributed by atoms with Gasteiger partial charge in [0.15, 0.2) is 6.10 Å². The zero-order valence-electron chi connectivity index (χ0n) is 28.2. The van der Waals surface area contributed by atoms with Crippen molar-refractivity contribution >= 4 is 11.9 Å². The second-order valence-electron chi connectivity index (χ2n) is 11.7. The molecule has 0 fully saturated rings. The number of rotatable bonds is 29. The highest BCUT2D eigenvalue weighted by Crippen LogP contribution is 2.15. The third-order valence-electron chi connectivity index (χ3n) is 7.52. The number of aliphatic hydroxyl groups is 2. The molecule has 0 aliphatic carbocycles. The normalized spacial score (nSPS) is 14.4. The summed E-state index contributed by atoms with van der Waals surface area (Å²) in [5.74, 6) is 0.161. The van der Waals surface area contributed by atoms with E-state index in [1.54, 1.807) is 6.08 Å². The molecule has 3 atom stereocenters. The first-order valence-corrected chi connectivity index (χ1v) is 17.3. The van der Waals surface area contributed by atoms with Gasteiger partial charge >= 0.3 is 11.9 Å². The minimum absolute atomic E-state index is 0.108. The Kier molecular flexibility index (Phi) is 30.2. The standard InChI is InChI=1S/C38H64O6/c1-4-34(3)28-24-20-16-14-15-19-23-27-31-38(42)44-36(32-39)33-43-37(41)30-26-22-18-13-11-9-7-6-8-10-12-17-21-25-29-35(40)5-2/h7-10,13,17-18,21,25,29,34-36,39-40H,4-6,11-12,14-16,19-20,22-24,26-28,30-33H2,1-3H3/b9-7-,10-8-,18-13-,21-17-,29-25+/t34?,35-,36-/m0/s1. The van der Waals surface area contributed by atoms with Crippen molar-refractivity contribution in [2.24, 2.45) is 5.92 Å². The van der Waals surface area contributed by atoms with Crippen LogP contribution in [0.25, 0.3) is 0 Å². The predicted octanol–water partition coefficient (Wildman–Crippen LogP) is 9.27.